The van der Waals surface area contributed by atoms with E-state index in [1.54, 1.807) is 6.08 Å². The molecular weight excluding hydrogens is 271 g/mol. The molecule has 0 aromatic heterocycles. The Balaban J connectivity index is 1.60. The summed E-state index contributed by atoms with van der Waals surface area (Å²) < 4.78 is 12.0. The molecule has 22 heavy (non-hydrogen) atoms. The first-order chi connectivity index (χ1) is 10.8. The molecule has 0 amide bonds. The minimum Gasteiger partial charge on any atom is -0.216 e. The molecule has 0 atom stereocenters. The molecule has 0 aliphatic heterocycles. The van der Waals surface area contributed by atoms with Crippen molar-refractivity contribution in [3.63, 3.8) is 0 Å². The minimum absolute atomic E-state index is 0.713. The van der Waals surface area contributed by atoms with E-state index in [9.17, 15) is 4.39 Å². The number of unbranched alkanes of at least 4 members (excludes halogenated alkanes) is 2. The van der Waals surface area contributed by atoms with Crippen LogP contribution < -0.4 is 0 Å². The second kappa shape index (κ2) is 10.4. The lowest BCUT2D eigenvalue weighted by Crippen LogP contribution is -2.25. The van der Waals surface area contributed by atoms with E-state index < -0.39 is 0 Å². The highest BCUT2D eigenvalue weighted by Crippen LogP contribution is 2.43. The van der Waals surface area contributed by atoms with E-state index >= 15 is 0 Å². The highest BCUT2D eigenvalue weighted by atomic mass is 19.1. The van der Waals surface area contributed by atoms with Gasteiger partial charge in [-0.3, -0.25) is 0 Å². The zero-order valence-corrected chi connectivity index (χ0v) is 14.7. The van der Waals surface area contributed by atoms with E-state index in [1.807, 2.05) is 0 Å². The molecule has 2 saturated carbocycles. The molecule has 0 spiro atoms. The van der Waals surface area contributed by atoms with E-state index in [4.69, 9.17) is 0 Å². The van der Waals surface area contributed by atoms with Gasteiger partial charge < -0.3 is 0 Å². The van der Waals surface area contributed by atoms with Gasteiger partial charge in [0.25, 0.3) is 0 Å². The van der Waals surface area contributed by atoms with Crippen LogP contribution in [0.25, 0.3) is 0 Å². The van der Waals surface area contributed by atoms with Crippen molar-refractivity contribution >= 4 is 0 Å². The summed E-state index contributed by atoms with van der Waals surface area (Å²) in [6.45, 7) is 2.31. The van der Waals surface area contributed by atoms with Gasteiger partial charge in [0, 0.05) is 0 Å². The minimum atomic E-state index is 0.713. The maximum atomic E-state index is 12.0. The second-order valence-corrected chi connectivity index (χ2v) is 8.00. The maximum Gasteiger partial charge on any atom is 0.0827 e. The third-order valence-corrected chi connectivity index (χ3v) is 6.50. The largest absolute Gasteiger partial charge is 0.216 e. The van der Waals surface area contributed by atoms with Crippen molar-refractivity contribution in [3.8, 4) is 0 Å². The Kier molecular flexibility index (Phi) is 8.55. The summed E-state index contributed by atoms with van der Waals surface area (Å²) in [5.41, 5.74) is 0. The SMILES string of the molecule is CCCCCC1CCC(C2CCC(CC/C=C/F)CC2)CC1. The van der Waals surface area contributed by atoms with E-state index in [-0.39, 0.29) is 0 Å². The highest BCUT2D eigenvalue weighted by molar-refractivity contribution is 4.83. The molecule has 0 heterocycles. The van der Waals surface area contributed by atoms with Gasteiger partial charge in [-0.2, -0.15) is 0 Å². The van der Waals surface area contributed by atoms with Crippen molar-refractivity contribution in [1.82, 2.24) is 0 Å². The molecule has 0 radical (unpaired) electrons. The first-order valence-electron chi connectivity index (χ1n) is 10.1. The molecule has 0 N–H and O–H groups in total. The van der Waals surface area contributed by atoms with E-state index in [2.05, 4.69) is 6.92 Å². The summed E-state index contributed by atoms with van der Waals surface area (Å²) in [4.78, 5) is 0. The Labute approximate surface area is 138 Å². The fourth-order valence-electron chi connectivity index (χ4n) is 4.97. The standard InChI is InChI=1S/C21H37F/c1-2-3-4-7-18-9-13-20(14-10-18)21-15-11-19(12-16-21)8-5-6-17-22/h6,17-21H,2-5,7-16H2,1H3/b17-6+. The molecule has 0 saturated heterocycles. The van der Waals surface area contributed by atoms with Crippen LogP contribution in [0.4, 0.5) is 4.39 Å². The van der Waals surface area contributed by atoms with Gasteiger partial charge in [0.05, 0.1) is 6.33 Å². The van der Waals surface area contributed by atoms with Crippen LogP contribution in [-0.4, -0.2) is 0 Å². The van der Waals surface area contributed by atoms with Crippen LogP contribution >= 0.6 is 0 Å². The van der Waals surface area contributed by atoms with Gasteiger partial charge in [0.15, 0.2) is 0 Å². The van der Waals surface area contributed by atoms with Crippen LogP contribution in [0.15, 0.2) is 12.4 Å². The molecule has 2 fully saturated rings. The number of rotatable bonds is 8. The van der Waals surface area contributed by atoms with Gasteiger partial charge in [-0.1, -0.05) is 64.4 Å². The summed E-state index contributed by atoms with van der Waals surface area (Å²) in [7, 11) is 0. The molecule has 0 unspecified atom stereocenters. The first-order valence-corrected chi connectivity index (χ1v) is 10.1. The quantitative estimate of drug-likeness (QED) is 0.409. The Bertz CT molecular complexity index is 293. The van der Waals surface area contributed by atoms with Gasteiger partial charge in [0.2, 0.25) is 0 Å². The predicted octanol–water partition coefficient (Wildman–Crippen LogP) is 7.44. The summed E-state index contributed by atoms with van der Waals surface area (Å²) in [5, 5.41) is 0. The average Bonchev–Trinajstić information content (AvgIpc) is 2.57. The van der Waals surface area contributed by atoms with Crippen molar-refractivity contribution in [3.05, 3.63) is 12.4 Å². The number of halogens is 1. The number of hydrogen-bond acceptors (Lipinski definition) is 0. The summed E-state index contributed by atoms with van der Waals surface area (Å²) in [6.07, 6.45) is 22.1. The highest BCUT2D eigenvalue weighted by Gasteiger charge is 2.30. The van der Waals surface area contributed by atoms with Crippen LogP contribution in [0, 0.1) is 23.7 Å². The molecule has 2 rings (SSSR count). The zero-order valence-electron chi connectivity index (χ0n) is 14.7. The van der Waals surface area contributed by atoms with Gasteiger partial charge >= 0.3 is 0 Å². The fourth-order valence-corrected chi connectivity index (χ4v) is 4.97. The Morgan fingerprint density at radius 1 is 0.773 bits per heavy atom. The van der Waals surface area contributed by atoms with Crippen LogP contribution in [0.3, 0.4) is 0 Å². The topological polar surface area (TPSA) is 0 Å². The van der Waals surface area contributed by atoms with Gasteiger partial charge in [-0.05, 0) is 62.2 Å². The smallest absolute Gasteiger partial charge is 0.0827 e. The Morgan fingerprint density at radius 2 is 1.32 bits per heavy atom. The molecule has 0 aromatic rings. The predicted molar refractivity (Wildman–Crippen MR) is 94.5 cm³/mol. The van der Waals surface area contributed by atoms with Crippen LogP contribution in [-0.2, 0) is 0 Å². The van der Waals surface area contributed by atoms with Gasteiger partial charge in [0.1, 0.15) is 0 Å². The lowest BCUT2D eigenvalue weighted by molar-refractivity contribution is 0.140. The molecule has 1 heteroatoms. The normalized spacial score (nSPS) is 33.4. The van der Waals surface area contributed by atoms with E-state index in [1.165, 1.54) is 83.5 Å². The van der Waals surface area contributed by atoms with E-state index in [0.29, 0.717) is 6.33 Å². The number of allylic oxidation sites excluding steroid dienone is 1. The van der Waals surface area contributed by atoms with Crippen LogP contribution in [0.2, 0.25) is 0 Å². The van der Waals surface area contributed by atoms with Gasteiger partial charge in [-0.25, -0.2) is 4.39 Å². The molecule has 2 aliphatic carbocycles. The first kappa shape index (κ1) is 18.0. The summed E-state index contributed by atoms with van der Waals surface area (Å²) in [6, 6.07) is 0. The van der Waals surface area contributed by atoms with Gasteiger partial charge in [-0.15, -0.1) is 0 Å². The summed E-state index contributed by atoms with van der Waals surface area (Å²) >= 11 is 0. The molecule has 128 valence electrons. The number of hydrogen-bond donors (Lipinski definition) is 0. The Hall–Kier alpha value is -0.330. The van der Waals surface area contributed by atoms with Crippen molar-refractivity contribution in [2.24, 2.45) is 23.7 Å². The van der Waals surface area contributed by atoms with Crippen molar-refractivity contribution in [2.45, 2.75) is 96.8 Å². The zero-order chi connectivity index (χ0) is 15.6. The molecule has 2 aliphatic rings. The second-order valence-electron chi connectivity index (χ2n) is 8.00. The summed E-state index contributed by atoms with van der Waals surface area (Å²) in [5.74, 6) is 3.98. The monoisotopic (exact) mass is 308 g/mol. The van der Waals surface area contributed by atoms with Crippen molar-refractivity contribution in [1.29, 1.82) is 0 Å². The van der Waals surface area contributed by atoms with Crippen LogP contribution in [0.5, 0.6) is 0 Å². The molecule has 0 aromatic carbocycles. The fraction of sp³-hybridized carbons (Fsp3) is 0.905. The average molecular weight is 309 g/mol. The lowest BCUT2D eigenvalue weighted by Gasteiger charge is -2.38. The third kappa shape index (κ3) is 6.05. The van der Waals surface area contributed by atoms with Crippen LogP contribution in [0.1, 0.15) is 96.8 Å². The lowest BCUT2D eigenvalue weighted by atomic mass is 9.68. The maximum absolute atomic E-state index is 12.0. The molecular formula is C21H37F. The Morgan fingerprint density at radius 3 is 1.82 bits per heavy atom. The molecule has 0 bridgehead atoms. The van der Waals surface area contributed by atoms with Crippen molar-refractivity contribution < 1.29 is 4.39 Å². The molecule has 0 nitrogen and oxygen atoms in total. The van der Waals surface area contributed by atoms with Crippen molar-refractivity contribution in [2.75, 3.05) is 0 Å². The van der Waals surface area contributed by atoms with E-state index in [0.717, 1.165) is 30.1 Å². The third-order valence-electron chi connectivity index (χ3n) is 6.50.